The zero-order valence-electron chi connectivity index (χ0n) is 15.7. The van der Waals surface area contributed by atoms with Gasteiger partial charge in [-0.05, 0) is 75.9 Å². The van der Waals surface area contributed by atoms with Crippen LogP contribution in [0.25, 0.3) is 0 Å². The SMILES string of the molecule is O=C(COc1ccc(Cl)cc1)N1CCCC[C@@H]1CCN1CCCCCC1. The molecular weight excluding hydrogens is 348 g/mol. The molecule has 3 rings (SSSR count). The van der Waals surface area contributed by atoms with E-state index in [2.05, 4.69) is 9.80 Å². The Morgan fingerprint density at radius 1 is 1.00 bits per heavy atom. The molecule has 0 radical (unpaired) electrons. The van der Waals surface area contributed by atoms with Crippen molar-refractivity contribution < 1.29 is 9.53 Å². The fourth-order valence-corrected chi connectivity index (χ4v) is 4.21. The third-order valence-corrected chi connectivity index (χ3v) is 5.85. The van der Waals surface area contributed by atoms with Crippen LogP contribution < -0.4 is 4.74 Å². The van der Waals surface area contributed by atoms with E-state index in [4.69, 9.17) is 16.3 Å². The highest BCUT2D eigenvalue weighted by atomic mass is 35.5. The van der Waals surface area contributed by atoms with E-state index in [1.54, 1.807) is 12.1 Å². The summed E-state index contributed by atoms with van der Waals surface area (Å²) < 4.78 is 5.68. The van der Waals surface area contributed by atoms with E-state index in [9.17, 15) is 4.79 Å². The predicted molar refractivity (Wildman–Crippen MR) is 106 cm³/mol. The summed E-state index contributed by atoms with van der Waals surface area (Å²) in [5.74, 6) is 0.807. The van der Waals surface area contributed by atoms with E-state index < -0.39 is 0 Å². The largest absolute Gasteiger partial charge is 0.484 e. The summed E-state index contributed by atoms with van der Waals surface area (Å²) in [4.78, 5) is 17.4. The van der Waals surface area contributed by atoms with Crippen molar-refractivity contribution in [1.29, 1.82) is 0 Å². The van der Waals surface area contributed by atoms with Crippen molar-refractivity contribution >= 4 is 17.5 Å². The number of amides is 1. The van der Waals surface area contributed by atoms with Gasteiger partial charge in [0.2, 0.25) is 0 Å². The van der Waals surface area contributed by atoms with Gasteiger partial charge in [0.1, 0.15) is 5.75 Å². The standard InChI is InChI=1S/C21H31ClN2O2/c22-18-8-10-20(11-9-18)26-17-21(25)24-15-6-3-7-19(24)12-16-23-13-4-1-2-5-14-23/h8-11,19H,1-7,12-17H2/t19-/m1/s1. The number of nitrogens with zero attached hydrogens (tertiary/aromatic N) is 2. The first kappa shape index (κ1) is 19.5. The molecule has 0 spiro atoms. The molecule has 1 aromatic rings. The number of likely N-dealkylation sites (tertiary alicyclic amines) is 2. The van der Waals surface area contributed by atoms with Crippen LogP contribution in [0.4, 0.5) is 0 Å². The molecule has 2 fully saturated rings. The maximum atomic E-state index is 12.7. The molecule has 0 aromatic heterocycles. The first-order valence-electron chi connectivity index (χ1n) is 10.1. The molecule has 0 unspecified atom stereocenters. The average molecular weight is 379 g/mol. The average Bonchev–Trinajstić information content (AvgIpc) is 2.95. The molecular formula is C21H31ClN2O2. The zero-order chi connectivity index (χ0) is 18.2. The van der Waals surface area contributed by atoms with Gasteiger partial charge in [0.25, 0.3) is 5.91 Å². The number of ether oxygens (including phenoxy) is 1. The first-order chi connectivity index (χ1) is 12.7. The summed E-state index contributed by atoms with van der Waals surface area (Å²) in [6.45, 7) is 4.54. The van der Waals surface area contributed by atoms with Gasteiger partial charge in [-0.2, -0.15) is 0 Å². The Labute approximate surface area is 162 Å². The fraction of sp³-hybridized carbons (Fsp3) is 0.667. The first-order valence-corrected chi connectivity index (χ1v) is 10.5. The van der Waals surface area contributed by atoms with Gasteiger partial charge in [-0.3, -0.25) is 4.79 Å². The summed E-state index contributed by atoms with van der Waals surface area (Å²) in [6, 6.07) is 7.55. The van der Waals surface area contributed by atoms with Crippen molar-refractivity contribution in [3.8, 4) is 5.75 Å². The van der Waals surface area contributed by atoms with Crippen molar-refractivity contribution in [2.24, 2.45) is 0 Å². The smallest absolute Gasteiger partial charge is 0.260 e. The van der Waals surface area contributed by atoms with Gasteiger partial charge in [0.15, 0.2) is 6.61 Å². The van der Waals surface area contributed by atoms with Crippen LogP contribution in [0.1, 0.15) is 51.4 Å². The molecule has 26 heavy (non-hydrogen) atoms. The maximum Gasteiger partial charge on any atom is 0.260 e. The highest BCUT2D eigenvalue weighted by Crippen LogP contribution is 2.22. The van der Waals surface area contributed by atoms with E-state index >= 15 is 0 Å². The number of carbonyl (C=O) groups is 1. The Morgan fingerprint density at radius 3 is 2.42 bits per heavy atom. The van der Waals surface area contributed by atoms with Crippen LogP contribution in [0.3, 0.4) is 0 Å². The van der Waals surface area contributed by atoms with Crippen molar-refractivity contribution in [3.63, 3.8) is 0 Å². The summed E-state index contributed by atoms with van der Waals surface area (Å²) >= 11 is 5.89. The van der Waals surface area contributed by atoms with E-state index in [-0.39, 0.29) is 12.5 Å². The number of hydrogen-bond donors (Lipinski definition) is 0. The monoisotopic (exact) mass is 378 g/mol. The molecule has 2 heterocycles. The quantitative estimate of drug-likeness (QED) is 0.737. The minimum Gasteiger partial charge on any atom is -0.484 e. The van der Waals surface area contributed by atoms with E-state index in [1.165, 1.54) is 45.2 Å². The Kier molecular flexibility index (Phi) is 7.63. The van der Waals surface area contributed by atoms with Gasteiger partial charge in [-0.25, -0.2) is 0 Å². The molecule has 2 aliphatic heterocycles. The highest BCUT2D eigenvalue weighted by Gasteiger charge is 2.27. The molecule has 1 aromatic carbocycles. The highest BCUT2D eigenvalue weighted by molar-refractivity contribution is 6.30. The van der Waals surface area contributed by atoms with Gasteiger partial charge in [-0.1, -0.05) is 24.4 Å². The van der Waals surface area contributed by atoms with Gasteiger partial charge >= 0.3 is 0 Å². The molecule has 0 aliphatic carbocycles. The van der Waals surface area contributed by atoms with Gasteiger partial charge in [-0.15, -0.1) is 0 Å². The molecule has 144 valence electrons. The minimum absolute atomic E-state index is 0.112. The number of piperidine rings is 1. The number of carbonyl (C=O) groups excluding carboxylic acids is 1. The lowest BCUT2D eigenvalue weighted by atomic mass is 9.99. The zero-order valence-corrected chi connectivity index (χ0v) is 16.4. The Morgan fingerprint density at radius 2 is 1.69 bits per heavy atom. The normalized spacial score (nSPS) is 22.0. The molecule has 0 N–H and O–H groups in total. The summed E-state index contributed by atoms with van der Waals surface area (Å²) in [7, 11) is 0. The maximum absolute atomic E-state index is 12.7. The lowest BCUT2D eigenvalue weighted by molar-refractivity contribution is -0.137. The van der Waals surface area contributed by atoms with Crippen molar-refractivity contribution in [2.75, 3.05) is 32.8 Å². The number of rotatable bonds is 6. The van der Waals surface area contributed by atoms with Crippen LogP contribution in [0, 0.1) is 0 Å². The van der Waals surface area contributed by atoms with Crippen LogP contribution in [0.2, 0.25) is 5.02 Å². The molecule has 0 saturated carbocycles. The third kappa shape index (κ3) is 5.88. The Hall–Kier alpha value is -1.26. The molecule has 0 bridgehead atoms. The molecule has 4 nitrogen and oxygen atoms in total. The molecule has 2 aliphatic rings. The van der Waals surface area contributed by atoms with Crippen LogP contribution in [0.15, 0.2) is 24.3 Å². The molecule has 2 saturated heterocycles. The van der Waals surface area contributed by atoms with E-state index in [0.29, 0.717) is 16.8 Å². The van der Waals surface area contributed by atoms with Gasteiger partial charge < -0.3 is 14.5 Å². The minimum atomic E-state index is 0.112. The Balaban J connectivity index is 1.48. The fourth-order valence-electron chi connectivity index (χ4n) is 4.08. The second kappa shape index (κ2) is 10.2. The topological polar surface area (TPSA) is 32.8 Å². The van der Waals surface area contributed by atoms with Gasteiger partial charge in [0, 0.05) is 24.2 Å². The summed E-state index contributed by atoms with van der Waals surface area (Å²) in [5.41, 5.74) is 0. The predicted octanol–water partition coefficient (Wildman–Crippen LogP) is 4.37. The van der Waals surface area contributed by atoms with E-state index in [0.717, 1.165) is 32.4 Å². The lowest BCUT2D eigenvalue weighted by Crippen LogP contribution is -2.47. The van der Waals surface area contributed by atoms with Crippen molar-refractivity contribution in [3.05, 3.63) is 29.3 Å². The van der Waals surface area contributed by atoms with Crippen LogP contribution in [-0.4, -0.2) is 54.5 Å². The van der Waals surface area contributed by atoms with Crippen molar-refractivity contribution in [1.82, 2.24) is 9.80 Å². The number of halogens is 1. The van der Waals surface area contributed by atoms with E-state index in [1.807, 2.05) is 12.1 Å². The molecule has 5 heteroatoms. The number of benzene rings is 1. The van der Waals surface area contributed by atoms with Crippen LogP contribution in [-0.2, 0) is 4.79 Å². The molecule has 1 amide bonds. The summed E-state index contributed by atoms with van der Waals surface area (Å²) in [6.07, 6.45) is 9.93. The van der Waals surface area contributed by atoms with Crippen LogP contribution in [0.5, 0.6) is 5.75 Å². The Bertz CT molecular complexity index is 556. The number of hydrogen-bond acceptors (Lipinski definition) is 3. The summed E-state index contributed by atoms with van der Waals surface area (Å²) in [5, 5.41) is 0.674. The second-order valence-corrected chi connectivity index (χ2v) is 7.96. The van der Waals surface area contributed by atoms with Crippen molar-refractivity contribution in [2.45, 2.75) is 57.4 Å². The lowest BCUT2D eigenvalue weighted by Gasteiger charge is -2.37. The molecule has 1 atom stereocenters. The van der Waals surface area contributed by atoms with Gasteiger partial charge in [0.05, 0.1) is 0 Å². The third-order valence-electron chi connectivity index (χ3n) is 5.60. The second-order valence-electron chi connectivity index (χ2n) is 7.52. The van der Waals surface area contributed by atoms with Crippen LogP contribution >= 0.6 is 11.6 Å².